The summed E-state index contributed by atoms with van der Waals surface area (Å²) >= 11 is 0. The Morgan fingerprint density at radius 1 is 1.33 bits per heavy atom. The molecular weight excluding hydrogens is 212 g/mol. The highest BCUT2D eigenvalue weighted by atomic mass is 32.2. The number of aldehydes is 1. The molecule has 0 saturated heterocycles. The number of rotatable bonds is 6. The Balaban J connectivity index is 0. The number of unbranched alkanes of at least 4 members (excludes halogenated alkanes) is 2. The van der Waals surface area contributed by atoms with Crippen LogP contribution in [-0.4, -0.2) is 20.1 Å². The van der Waals surface area contributed by atoms with Crippen molar-refractivity contribution in [3.63, 3.8) is 0 Å². The molecule has 15 heavy (non-hydrogen) atoms. The van der Waals surface area contributed by atoms with Crippen LogP contribution < -0.4 is 0 Å². The first kappa shape index (κ1) is 16.5. The molecule has 0 fully saturated rings. The second-order valence-corrected chi connectivity index (χ2v) is 4.03. The van der Waals surface area contributed by atoms with E-state index in [-0.39, 0.29) is 5.92 Å². The van der Waals surface area contributed by atoms with Gasteiger partial charge in [0.05, 0.1) is 0 Å². The molecule has 0 heterocycles. The molecule has 3 nitrogen and oxygen atoms in total. The highest BCUT2D eigenvalue weighted by molar-refractivity contribution is 7.71. The molecule has 0 rings (SSSR count). The van der Waals surface area contributed by atoms with E-state index in [0.717, 1.165) is 12.8 Å². The zero-order chi connectivity index (χ0) is 12.1. The maximum Gasteiger partial charge on any atom is 0.210 e. The maximum atomic E-state index is 10.2. The Hall–Kier alpha value is -0.900. The highest BCUT2D eigenvalue weighted by Crippen LogP contribution is 2.06. The lowest BCUT2D eigenvalue weighted by molar-refractivity contribution is -0.104. The number of hydrogen-bond acceptors (Lipinski definition) is 3. The van der Waals surface area contributed by atoms with E-state index in [0.29, 0.717) is 6.29 Å². The third kappa shape index (κ3) is 19.5. The van der Waals surface area contributed by atoms with Crippen LogP contribution in [0.5, 0.6) is 0 Å². The third-order valence-corrected chi connectivity index (χ3v) is 2.39. The molecule has 0 N–H and O–H groups in total. The van der Waals surface area contributed by atoms with Gasteiger partial charge in [0.2, 0.25) is 10.3 Å². The predicted octanol–water partition coefficient (Wildman–Crippen LogP) is 2.26. The summed E-state index contributed by atoms with van der Waals surface area (Å²) in [5.41, 5.74) is 0. The van der Waals surface area contributed by atoms with Crippen LogP contribution >= 0.6 is 0 Å². The molecule has 0 aliphatic carbocycles. The summed E-state index contributed by atoms with van der Waals surface area (Å²) in [4.78, 5) is 9.06. The lowest BCUT2D eigenvalue weighted by Crippen LogP contribution is -1.96. The summed E-state index contributed by atoms with van der Waals surface area (Å²) in [7, 11) is -1.98. The quantitative estimate of drug-likeness (QED) is 0.305. The summed E-state index contributed by atoms with van der Waals surface area (Å²) in [6.45, 7) is 7.19. The highest BCUT2D eigenvalue weighted by Gasteiger charge is 1.96. The van der Waals surface area contributed by atoms with Crippen molar-refractivity contribution in [2.75, 3.05) is 0 Å². The van der Waals surface area contributed by atoms with Gasteiger partial charge < -0.3 is 0 Å². The molecule has 0 amide bonds. The smallest absolute Gasteiger partial charge is 0.210 e. The zero-order valence-electron chi connectivity index (χ0n) is 9.48. The van der Waals surface area contributed by atoms with Crippen molar-refractivity contribution in [2.24, 2.45) is 5.92 Å². The van der Waals surface area contributed by atoms with Crippen LogP contribution in [0.15, 0.2) is 12.7 Å². The molecule has 0 aromatic heterocycles. The summed E-state index contributed by atoms with van der Waals surface area (Å²) in [6, 6.07) is 0. The number of carbonyl (C=O) groups is 1. The first-order valence-corrected chi connectivity index (χ1v) is 6.21. The molecule has 88 valence electrons. The Bertz CT molecular complexity index is 264. The number of allylic oxidation sites excluding steroid dienone is 1. The van der Waals surface area contributed by atoms with Crippen LogP contribution in [-0.2, 0) is 15.1 Å². The molecule has 0 spiro atoms. The second kappa shape index (κ2) is 13.1. The third-order valence-electron chi connectivity index (χ3n) is 1.70. The minimum Gasteiger partial charge on any atom is -0.299 e. The molecule has 0 aromatic rings. The van der Waals surface area contributed by atoms with E-state index in [4.69, 9.17) is 4.79 Å². The topological polar surface area (TPSA) is 51.2 Å². The SMILES string of the molecule is C=CC=O.CCCCCC(C)C=S(=O)=O. The normalized spacial score (nSPS) is 10.5. The van der Waals surface area contributed by atoms with E-state index < -0.39 is 10.3 Å². The van der Waals surface area contributed by atoms with Gasteiger partial charge in [-0.15, -0.1) is 0 Å². The molecule has 0 bridgehead atoms. The van der Waals surface area contributed by atoms with Crippen molar-refractivity contribution in [1.29, 1.82) is 0 Å². The van der Waals surface area contributed by atoms with Crippen LogP contribution in [0.1, 0.15) is 39.5 Å². The van der Waals surface area contributed by atoms with E-state index in [9.17, 15) is 8.42 Å². The summed E-state index contributed by atoms with van der Waals surface area (Å²) in [5, 5.41) is 1.37. The van der Waals surface area contributed by atoms with Crippen molar-refractivity contribution in [3.8, 4) is 0 Å². The van der Waals surface area contributed by atoms with Gasteiger partial charge in [-0.3, -0.25) is 4.79 Å². The molecule has 0 aromatic carbocycles. The van der Waals surface area contributed by atoms with Gasteiger partial charge in [-0.2, -0.15) is 8.42 Å². The van der Waals surface area contributed by atoms with E-state index >= 15 is 0 Å². The lowest BCUT2D eigenvalue weighted by atomic mass is 10.1. The standard InChI is InChI=1S/C8H16O2S.C3H4O/c1-3-4-5-6-8(2)7-11(9)10;1-2-3-4/h7-8H,3-6H2,1-2H3;2-3H,1H2. The van der Waals surface area contributed by atoms with Gasteiger partial charge in [0.25, 0.3) is 0 Å². The van der Waals surface area contributed by atoms with Gasteiger partial charge in [0, 0.05) is 5.37 Å². The van der Waals surface area contributed by atoms with Gasteiger partial charge in [-0.05, 0) is 18.4 Å². The zero-order valence-corrected chi connectivity index (χ0v) is 10.3. The average Bonchev–Trinajstić information content (AvgIpc) is 2.17. The van der Waals surface area contributed by atoms with Crippen LogP contribution in [0.3, 0.4) is 0 Å². The first-order valence-electron chi connectivity index (χ1n) is 5.07. The Labute approximate surface area is 93.7 Å². The fourth-order valence-corrected chi connectivity index (χ4v) is 1.49. The Morgan fingerprint density at radius 2 is 1.87 bits per heavy atom. The van der Waals surface area contributed by atoms with Crippen molar-refractivity contribution < 1.29 is 13.2 Å². The van der Waals surface area contributed by atoms with Crippen molar-refractivity contribution >= 4 is 21.9 Å². The maximum absolute atomic E-state index is 10.2. The molecule has 4 heteroatoms. The molecule has 0 saturated carbocycles. The minimum atomic E-state index is -1.98. The first-order chi connectivity index (χ1) is 7.08. The number of hydrogen-bond donors (Lipinski definition) is 0. The van der Waals surface area contributed by atoms with Gasteiger partial charge in [-0.1, -0.05) is 39.7 Å². The summed E-state index contributed by atoms with van der Waals surface area (Å²) in [5.74, 6) is 0.208. The van der Waals surface area contributed by atoms with Gasteiger partial charge in [0.1, 0.15) is 6.29 Å². The van der Waals surface area contributed by atoms with Crippen molar-refractivity contribution in [1.82, 2.24) is 0 Å². The Kier molecular flexibility index (Phi) is 14.4. The van der Waals surface area contributed by atoms with Crippen LogP contribution in [0, 0.1) is 5.92 Å². The largest absolute Gasteiger partial charge is 0.299 e. The van der Waals surface area contributed by atoms with Crippen LogP contribution in [0.25, 0.3) is 0 Å². The molecule has 1 atom stereocenters. The molecule has 0 radical (unpaired) electrons. The van der Waals surface area contributed by atoms with E-state index in [1.807, 2.05) is 6.92 Å². The monoisotopic (exact) mass is 232 g/mol. The van der Waals surface area contributed by atoms with E-state index in [1.54, 1.807) is 0 Å². The predicted molar refractivity (Wildman–Crippen MR) is 64.6 cm³/mol. The molecule has 0 aliphatic heterocycles. The van der Waals surface area contributed by atoms with Crippen LogP contribution in [0.2, 0.25) is 0 Å². The lowest BCUT2D eigenvalue weighted by Gasteiger charge is -2.01. The van der Waals surface area contributed by atoms with Gasteiger partial charge >= 0.3 is 0 Å². The van der Waals surface area contributed by atoms with Gasteiger partial charge in [-0.25, -0.2) is 0 Å². The van der Waals surface area contributed by atoms with Crippen molar-refractivity contribution in [2.45, 2.75) is 39.5 Å². The van der Waals surface area contributed by atoms with Gasteiger partial charge in [0.15, 0.2) is 0 Å². The van der Waals surface area contributed by atoms with E-state index in [2.05, 4.69) is 13.5 Å². The fraction of sp³-hybridized carbons (Fsp3) is 0.636. The second-order valence-electron chi connectivity index (χ2n) is 3.24. The molecule has 0 aliphatic rings. The molecule has 1 unspecified atom stereocenters. The average molecular weight is 232 g/mol. The number of carbonyl (C=O) groups excluding carboxylic acids is 1. The Morgan fingerprint density at radius 3 is 2.20 bits per heavy atom. The van der Waals surface area contributed by atoms with E-state index in [1.165, 1.54) is 24.3 Å². The fourth-order valence-electron chi connectivity index (χ4n) is 0.974. The van der Waals surface area contributed by atoms with Crippen molar-refractivity contribution in [3.05, 3.63) is 12.7 Å². The van der Waals surface area contributed by atoms with Crippen LogP contribution in [0.4, 0.5) is 0 Å². The molecular formula is C11H20O3S. The summed E-state index contributed by atoms with van der Waals surface area (Å²) < 4.78 is 20.4. The summed E-state index contributed by atoms with van der Waals surface area (Å²) in [6.07, 6.45) is 6.34. The minimum absolute atomic E-state index is 0.208.